The number of nitrogens with zero attached hydrogens (tertiary/aromatic N) is 2. The maximum Gasteiger partial charge on any atom is 0.0619 e. The molecule has 0 spiro atoms. The van der Waals surface area contributed by atoms with Crippen molar-refractivity contribution in [2.24, 2.45) is 0 Å². The molecule has 2 heteroatoms. The predicted molar refractivity (Wildman–Crippen MR) is 238 cm³/mol. The van der Waals surface area contributed by atoms with E-state index in [-0.39, 0.29) is 0 Å². The average Bonchev–Trinajstić information content (AvgIpc) is 3.63. The Labute approximate surface area is 325 Å². The van der Waals surface area contributed by atoms with Crippen LogP contribution in [0.5, 0.6) is 0 Å². The fraction of sp³-hybridized carbons (Fsp3) is 0. The zero-order chi connectivity index (χ0) is 37.0. The van der Waals surface area contributed by atoms with E-state index in [9.17, 15) is 0 Å². The highest BCUT2D eigenvalue weighted by atomic mass is 15.1. The first kappa shape index (κ1) is 32.0. The van der Waals surface area contributed by atoms with Gasteiger partial charge in [-0.15, -0.1) is 0 Å². The van der Waals surface area contributed by atoms with Crippen LogP contribution in [0.25, 0.3) is 82.2 Å². The van der Waals surface area contributed by atoms with Crippen molar-refractivity contribution >= 4 is 65.9 Å². The third-order valence-corrected chi connectivity index (χ3v) is 11.3. The number of para-hydroxylation sites is 2. The van der Waals surface area contributed by atoms with Crippen molar-refractivity contribution in [1.29, 1.82) is 0 Å². The van der Waals surface area contributed by atoms with Crippen molar-refractivity contribution in [1.82, 2.24) is 4.40 Å². The number of hydrogen-bond donors (Lipinski definition) is 0. The Bertz CT molecular complexity index is 3210. The first-order valence-electron chi connectivity index (χ1n) is 19.3. The van der Waals surface area contributed by atoms with Crippen LogP contribution in [0.15, 0.2) is 218 Å². The lowest BCUT2D eigenvalue weighted by molar-refractivity contribution is 1.30. The van der Waals surface area contributed by atoms with Crippen LogP contribution in [0, 0.1) is 0 Å². The third kappa shape index (κ3) is 5.19. The summed E-state index contributed by atoms with van der Waals surface area (Å²) >= 11 is 0. The van der Waals surface area contributed by atoms with Crippen LogP contribution in [-0.2, 0) is 0 Å². The van der Waals surface area contributed by atoms with Gasteiger partial charge in [0.15, 0.2) is 0 Å². The molecule has 0 saturated heterocycles. The second-order valence-electron chi connectivity index (χ2n) is 14.5. The molecule has 0 fully saturated rings. The van der Waals surface area contributed by atoms with E-state index in [1.165, 1.54) is 82.2 Å². The molecular formula is C54H36N2. The normalized spacial score (nSPS) is 11.6. The molecule has 0 N–H and O–H groups in total. The number of fused-ring (bicyclic) bond motifs is 8. The van der Waals surface area contributed by atoms with Gasteiger partial charge in [-0.25, -0.2) is 0 Å². The van der Waals surface area contributed by atoms with Crippen LogP contribution in [0.3, 0.4) is 0 Å². The first-order valence-corrected chi connectivity index (χ1v) is 19.3. The lowest BCUT2D eigenvalue weighted by atomic mass is 9.97. The summed E-state index contributed by atoms with van der Waals surface area (Å²) < 4.78 is 2.47. The van der Waals surface area contributed by atoms with Crippen LogP contribution in [0.1, 0.15) is 0 Å². The smallest absolute Gasteiger partial charge is 0.0619 e. The fourth-order valence-electron chi connectivity index (χ4n) is 8.78. The highest BCUT2D eigenvalue weighted by Crippen LogP contribution is 2.45. The molecular weight excluding hydrogens is 677 g/mol. The molecule has 9 aromatic carbocycles. The van der Waals surface area contributed by atoms with Gasteiger partial charge in [0.25, 0.3) is 0 Å². The summed E-state index contributed by atoms with van der Waals surface area (Å²) in [5.74, 6) is 0. The number of benzene rings is 9. The topological polar surface area (TPSA) is 7.65 Å². The van der Waals surface area contributed by atoms with Crippen molar-refractivity contribution in [3.05, 3.63) is 218 Å². The van der Waals surface area contributed by atoms with Crippen molar-refractivity contribution in [3.8, 4) is 33.4 Å². The third-order valence-electron chi connectivity index (χ3n) is 11.3. The van der Waals surface area contributed by atoms with Crippen molar-refractivity contribution in [2.45, 2.75) is 0 Å². The lowest BCUT2D eigenvalue weighted by Crippen LogP contribution is -2.10. The molecule has 2 nitrogen and oxygen atoms in total. The Morgan fingerprint density at radius 2 is 0.875 bits per heavy atom. The second kappa shape index (κ2) is 13.2. The summed E-state index contributed by atoms with van der Waals surface area (Å²) in [6.07, 6.45) is 0. The highest BCUT2D eigenvalue weighted by Gasteiger charge is 2.21. The van der Waals surface area contributed by atoms with Crippen LogP contribution in [0.4, 0.5) is 17.1 Å². The van der Waals surface area contributed by atoms with E-state index in [4.69, 9.17) is 0 Å². The molecule has 11 aromatic rings. The van der Waals surface area contributed by atoms with E-state index < -0.39 is 0 Å². The first-order chi connectivity index (χ1) is 27.8. The van der Waals surface area contributed by atoms with E-state index in [1.807, 2.05) is 0 Å². The summed E-state index contributed by atoms with van der Waals surface area (Å²) in [5.41, 5.74) is 14.3. The molecule has 2 aromatic heterocycles. The van der Waals surface area contributed by atoms with Crippen LogP contribution >= 0.6 is 0 Å². The quantitative estimate of drug-likeness (QED) is 0.156. The number of aromatic nitrogens is 1. The van der Waals surface area contributed by atoms with Crippen molar-refractivity contribution in [2.75, 3.05) is 4.90 Å². The largest absolute Gasteiger partial charge is 0.310 e. The molecule has 0 amide bonds. The molecule has 2 heterocycles. The average molecular weight is 713 g/mol. The molecule has 0 unspecified atom stereocenters. The minimum Gasteiger partial charge on any atom is -0.310 e. The monoisotopic (exact) mass is 712 g/mol. The minimum absolute atomic E-state index is 1.10. The molecule has 0 aliphatic rings. The van der Waals surface area contributed by atoms with Crippen LogP contribution in [0.2, 0.25) is 0 Å². The molecule has 262 valence electrons. The molecule has 0 radical (unpaired) electrons. The molecule has 0 aliphatic heterocycles. The van der Waals surface area contributed by atoms with E-state index in [2.05, 4.69) is 228 Å². The zero-order valence-electron chi connectivity index (χ0n) is 30.7. The Hall–Kier alpha value is -7.42. The molecule has 56 heavy (non-hydrogen) atoms. The molecule has 0 atom stereocenters. The Morgan fingerprint density at radius 3 is 1.61 bits per heavy atom. The van der Waals surface area contributed by atoms with Gasteiger partial charge in [-0.05, 0) is 86.3 Å². The van der Waals surface area contributed by atoms with Gasteiger partial charge in [-0.3, -0.25) is 0 Å². The summed E-state index contributed by atoms with van der Waals surface area (Å²) in [7, 11) is 0. The maximum atomic E-state index is 2.47. The van der Waals surface area contributed by atoms with E-state index in [1.54, 1.807) is 0 Å². The molecule has 11 rings (SSSR count). The Kier molecular flexibility index (Phi) is 7.53. The minimum atomic E-state index is 1.10. The van der Waals surface area contributed by atoms with Crippen molar-refractivity contribution < 1.29 is 0 Å². The van der Waals surface area contributed by atoms with Gasteiger partial charge in [-0.1, -0.05) is 176 Å². The number of hydrogen-bond acceptors (Lipinski definition) is 1. The van der Waals surface area contributed by atoms with E-state index in [0.29, 0.717) is 0 Å². The van der Waals surface area contributed by atoms with Gasteiger partial charge in [0, 0.05) is 33.3 Å². The van der Waals surface area contributed by atoms with Gasteiger partial charge in [-0.2, -0.15) is 0 Å². The number of rotatable bonds is 6. The lowest BCUT2D eigenvalue weighted by Gasteiger charge is -2.28. The summed E-state index contributed by atoms with van der Waals surface area (Å²) in [6.45, 7) is 0. The summed E-state index contributed by atoms with van der Waals surface area (Å²) in [4.78, 5) is 2.42. The summed E-state index contributed by atoms with van der Waals surface area (Å²) in [5, 5.41) is 7.41. The zero-order valence-corrected chi connectivity index (χ0v) is 30.7. The second-order valence-corrected chi connectivity index (χ2v) is 14.5. The molecule has 0 aliphatic carbocycles. The van der Waals surface area contributed by atoms with Gasteiger partial charge in [0.2, 0.25) is 0 Å². The number of anilines is 3. The van der Waals surface area contributed by atoms with Crippen LogP contribution in [-0.4, -0.2) is 4.40 Å². The summed E-state index contributed by atoms with van der Waals surface area (Å²) in [6, 6.07) is 79.4. The Morgan fingerprint density at radius 1 is 0.321 bits per heavy atom. The van der Waals surface area contributed by atoms with Crippen molar-refractivity contribution in [3.63, 3.8) is 0 Å². The van der Waals surface area contributed by atoms with E-state index in [0.717, 1.165) is 17.1 Å². The van der Waals surface area contributed by atoms with Crippen LogP contribution < -0.4 is 4.90 Å². The maximum absolute atomic E-state index is 2.47. The molecule has 0 bridgehead atoms. The van der Waals surface area contributed by atoms with E-state index >= 15 is 0 Å². The molecule has 0 saturated carbocycles. The fourth-order valence-corrected chi connectivity index (χ4v) is 8.78. The highest BCUT2D eigenvalue weighted by molar-refractivity contribution is 6.15. The predicted octanol–water partition coefficient (Wildman–Crippen LogP) is 15.0. The van der Waals surface area contributed by atoms with Gasteiger partial charge in [0.1, 0.15) is 0 Å². The van der Waals surface area contributed by atoms with Gasteiger partial charge >= 0.3 is 0 Å². The van der Waals surface area contributed by atoms with Gasteiger partial charge < -0.3 is 9.30 Å². The van der Waals surface area contributed by atoms with Gasteiger partial charge in [0.05, 0.1) is 22.2 Å². The number of pyridine rings is 1. The standard InChI is InChI=1S/C54H36N2/c1-3-14-37(15-4-1)38-26-31-43(32-27-38)55(52-36-42-19-7-9-20-45(42)47-21-10-11-22-48(47)52)44-33-28-39(29-34-44)46-23-13-24-49-53(41-17-5-2-6-18-41)51-35-30-40-16-8-12-25-50(40)56(51)54(46)49/h1-36H. The SMILES string of the molecule is c1ccc(-c2ccc(N(c3ccc(-c4cccc5c(-c6ccccc6)c6ccc7ccccc7n6c45)cc3)c3cc4ccccc4c4ccccc34)cc2)cc1. The Balaban J connectivity index is 1.12.